The number of nitriles is 1. The fourth-order valence-corrected chi connectivity index (χ4v) is 3.34. The first kappa shape index (κ1) is 21.6. The van der Waals surface area contributed by atoms with E-state index in [0.717, 1.165) is 18.4 Å². The van der Waals surface area contributed by atoms with Crippen molar-refractivity contribution in [1.29, 1.82) is 5.26 Å². The van der Waals surface area contributed by atoms with Gasteiger partial charge in [-0.1, -0.05) is 12.1 Å². The second-order valence-electron chi connectivity index (χ2n) is 7.61. The van der Waals surface area contributed by atoms with Crippen molar-refractivity contribution in [2.24, 2.45) is 0 Å². The zero-order valence-electron chi connectivity index (χ0n) is 16.2. The molecule has 1 unspecified atom stereocenters. The highest BCUT2D eigenvalue weighted by Crippen LogP contribution is 2.28. The van der Waals surface area contributed by atoms with Crippen LogP contribution in [0.2, 0.25) is 0 Å². The van der Waals surface area contributed by atoms with E-state index in [-0.39, 0.29) is 24.7 Å². The Balaban J connectivity index is 1.93. The van der Waals surface area contributed by atoms with E-state index in [1.807, 2.05) is 0 Å². The molecular weight excluding hydrogens is 366 g/mol. The monoisotopic (exact) mass is 392 g/mol. The minimum Gasteiger partial charge on any atom is -0.341 e. The highest BCUT2D eigenvalue weighted by Gasteiger charge is 2.31. The molecule has 0 spiro atoms. The van der Waals surface area contributed by atoms with Gasteiger partial charge in [0, 0.05) is 19.5 Å². The van der Waals surface area contributed by atoms with E-state index >= 15 is 0 Å². The number of amides is 3. The first-order chi connectivity index (χ1) is 13.2. The van der Waals surface area contributed by atoms with Crippen LogP contribution in [-0.4, -0.2) is 48.2 Å². The van der Waals surface area contributed by atoms with Gasteiger partial charge < -0.3 is 15.5 Å². The number of alkyl halides is 1. The molecule has 3 amide bonds. The van der Waals surface area contributed by atoms with Gasteiger partial charge in [-0.3, -0.25) is 4.79 Å². The Hall–Kier alpha value is -2.69. The van der Waals surface area contributed by atoms with Gasteiger partial charge in [0.15, 0.2) is 0 Å². The zero-order chi connectivity index (χ0) is 20.7. The Kier molecular flexibility index (Phi) is 7.32. The predicted octanol–water partition coefficient (Wildman–Crippen LogP) is 2.86. The molecule has 1 fully saturated rings. The Bertz CT molecular complexity index is 717. The molecule has 1 aliphatic heterocycles. The molecule has 1 aliphatic rings. The van der Waals surface area contributed by atoms with Crippen LogP contribution in [0.25, 0.3) is 0 Å². The normalized spacial score (nSPS) is 16.2. The highest BCUT2D eigenvalue weighted by atomic mass is 19.1. The Morgan fingerprint density at radius 2 is 1.89 bits per heavy atom. The van der Waals surface area contributed by atoms with Crippen molar-refractivity contribution in [1.82, 2.24) is 15.5 Å². The quantitative estimate of drug-likeness (QED) is 0.730. The SMILES string of the molecule is CC(C)(F)CC(NC(=O)N1CCC(c2ccc(F)cc2)CC1)C(=O)NCC#N. The third-order valence-electron chi connectivity index (χ3n) is 4.77. The van der Waals surface area contributed by atoms with Crippen molar-refractivity contribution < 1.29 is 18.4 Å². The summed E-state index contributed by atoms with van der Waals surface area (Å²) in [5.74, 6) is -0.622. The van der Waals surface area contributed by atoms with Crippen LogP contribution in [0.1, 0.15) is 44.6 Å². The number of rotatable bonds is 6. The van der Waals surface area contributed by atoms with Crippen molar-refractivity contribution in [2.75, 3.05) is 19.6 Å². The molecule has 0 aliphatic carbocycles. The minimum absolute atomic E-state index is 0.192. The lowest BCUT2D eigenvalue weighted by Gasteiger charge is -2.33. The van der Waals surface area contributed by atoms with Crippen LogP contribution in [0, 0.1) is 17.1 Å². The maximum Gasteiger partial charge on any atom is 0.318 e. The van der Waals surface area contributed by atoms with Crippen LogP contribution in [0.5, 0.6) is 0 Å². The van der Waals surface area contributed by atoms with Crippen LogP contribution >= 0.6 is 0 Å². The van der Waals surface area contributed by atoms with E-state index in [2.05, 4.69) is 10.6 Å². The van der Waals surface area contributed by atoms with Crippen molar-refractivity contribution in [2.45, 2.75) is 50.7 Å². The summed E-state index contributed by atoms with van der Waals surface area (Å²) < 4.78 is 27.1. The second-order valence-corrected chi connectivity index (χ2v) is 7.61. The van der Waals surface area contributed by atoms with Gasteiger partial charge in [-0.15, -0.1) is 0 Å². The Morgan fingerprint density at radius 1 is 1.29 bits per heavy atom. The largest absolute Gasteiger partial charge is 0.341 e. The lowest BCUT2D eigenvalue weighted by molar-refractivity contribution is -0.123. The summed E-state index contributed by atoms with van der Waals surface area (Å²) in [4.78, 5) is 26.3. The molecular formula is C20H26F2N4O2. The number of likely N-dealkylation sites (tertiary alicyclic amines) is 1. The maximum atomic E-state index is 14.0. The standard InChI is InChI=1S/C20H26F2N4O2/c1-20(2,22)13-17(18(27)24-10-9-23)25-19(28)26-11-7-15(8-12-26)14-3-5-16(21)6-4-14/h3-6,15,17H,7-8,10-13H2,1-2H3,(H,24,27)(H,25,28). The number of benzene rings is 1. The first-order valence-electron chi connectivity index (χ1n) is 9.34. The van der Waals surface area contributed by atoms with Gasteiger partial charge in [-0.05, 0) is 50.3 Å². The average molecular weight is 392 g/mol. The van der Waals surface area contributed by atoms with E-state index in [9.17, 15) is 18.4 Å². The summed E-state index contributed by atoms with van der Waals surface area (Å²) in [5.41, 5.74) is -0.619. The van der Waals surface area contributed by atoms with Crippen molar-refractivity contribution in [3.63, 3.8) is 0 Å². The lowest BCUT2D eigenvalue weighted by Crippen LogP contribution is -2.54. The average Bonchev–Trinajstić information content (AvgIpc) is 2.65. The van der Waals surface area contributed by atoms with Gasteiger partial charge >= 0.3 is 6.03 Å². The van der Waals surface area contributed by atoms with Crippen molar-refractivity contribution in [3.05, 3.63) is 35.6 Å². The number of nitrogens with one attached hydrogen (secondary N) is 2. The molecule has 1 aromatic rings. The molecule has 0 saturated carbocycles. The third-order valence-corrected chi connectivity index (χ3v) is 4.77. The summed E-state index contributed by atoms with van der Waals surface area (Å²) >= 11 is 0. The second kappa shape index (κ2) is 9.49. The molecule has 2 N–H and O–H groups in total. The van der Waals surface area contributed by atoms with Crippen LogP contribution in [0.4, 0.5) is 13.6 Å². The van der Waals surface area contributed by atoms with Gasteiger partial charge in [0.2, 0.25) is 5.91 Å². The number of piperidine rings is 1. The van der Waals surface area contributed by atoms with Gasteiger partial charge in [0.1, 0.15) is 24.1 Å². The molecule has 6 nitrogen and oxygen atoms in total. The number of carbonyl (C=O) groups is 2. The number of urea groups is 1. The molecule has 0 bridgehead atoms. The fraction of sp³-hybridized carbons (Fsp3) is 0.550. The van der Waals surface area contributed by atoms with Crippen LogP contribution in [0.3, 0.4) is 0 Å². The molecule has 0 aromatic heterocycles. The Labute approximate surface area is 163 Å². The lowest BCUT2D eigenvalue weighted by atomic mass is 9.89. The van der Waals surface area contributed by atoms with E-state index < -0.39 is 23.6 Å². The Morgan fingerprint density at radius 3 is 2.43 bits per heavy atom. The van der Waals surface area contributed by atoms with Crippen molar-refractivity contribution in [3.8, 4) is 6.07 Å². The van der Waals surface area contributed by atoms with Gasteiger partial charge in [-0.25, -0.2) is 13.6 Å². The molecule has 28 heavy (non-hydrogen) atoms. The first-order valence-corrected chi connectivity index (χ1v) is 9.34. The molecule has 1 aromatic carbocycles. The van der Waals surface area contributed by atoms with Gasteiger partial charge in [0.05, 0.1) is 6.07 Å². The zero-order valence-corrected chi connectivity index (χ0v) is 16.2. The summed E-state index contributed by atoms with van der Waals surface area (Å²) in [6.45, 7) is 3.43. The van der Waals surface area contributed by atoms with Crippen LogP contribution in [-0.2, 0) is 4.79 Å². The van der Waals surface area contributed by atoms with E-state index in [0.29, 0.717) is 13.1 Å². The maximum absolute atomic E-state index is 14.0. The summed E-state index contributed by atoms with van der Waals surface area (Å²) in [6.07, 6.45) is 1.25. The summed E-state index contributed by atoms with van der Waals surface area (Å²) in [7, 11) is 0. The van der Waals surface area contributed by atoms with Gasteiger partial charge in [-0.2, -0.15) is 5.26 Å². The van der Waals surface area contributed by atoms with E-state index in [1.54, 1.807) is 23.1 Å². The molecule has 1 heterocycles. The number of carbonyl (C=O) groups excluding carboxylic acids is 2. The molecule has 1 saturated heterocycles. The number of hydrogen-bond acceptors (Lipinski definition) is 3. The summed E-state index contributed by atoms with van der Waals surface area (Å²) in [6, 6.07) is 6.67. The minimum atomic E-state index is -1.66. The van der Waals surface area contributed by atoms with Crippen LogP contribution in [0.15, 0.2) is 24.3 Å². The topological polar surface area (TPSA) is 85.2 Å². The molecule has 152 valence electrons. The highest BCUT2D eigenvalue weighted by molar-refractivity contribution is 5.87. The molecule has 0 radical (unpaired) electrons. The van der Waals surface area contributed by atoms with Crippen LogP contribution < -0.4 is 10.6 Å². The number of halogens is 2. The van der Waals surface area contributed by atoms with E-state index in [4.69, 9.17) is 5.26 Å². The molecule has 2 rings (SSSR count). The third kappa shape index (κ3) is 6.48. The summed E-state index contributed by atoms with van der Waals surface area (Å²) in [5, 5.41) is 13.5. The smallest absolute Gasteiger partial charge is 0.318 e. The van der Waals surface area contributed by atoms with Gasteiger partial charge in [0.25, 0.3) is 0 Å². The van der Waals surface area contributed by atoms with Crippen molar-refractivity contribution >= 4 is 11.9 Å². The number of nitrogens with zero attached hydrogens (tertiary/aromatic N) is 2. The molecule has 1 atom stereocenters. The number of hydrogen-bond donors (Lipinski definition) is 2. The molecule has 8 heteroatoms. The van der Waals surface area contributed by atoms with E-state index in [1.165, 1.54) is 26.0 Å². The fourth-order valence-electron chi connectivity index (χ4n) is 3.34. The predicted molar refractivity (Wildman–Crippen MR) is 101 cm³/mol.